The zero-order chi connectivity index (χ0) is 19.8. The number of benzene rings is 1. The number of methoxy groups -OCH3 is 2. The Morgan fingerprint density at radius 1 is 1.39 bits per heavy atom. The van der Waals surface area contributed by atoms with Crippen LogP contribution in [-0.4, -0.2) is 48.3 Å². The average Bonchev–Trinajstić information content (AvgIpc) is 3.08. The molecule has 0 radical (unpaired) electrons. The normalized spacial score (nSPS) is 25.2. The smallest absolute Gasteiger partial charge is 0.337 e. The highest BCUT2D eigenvalue weighted by Crippen LogP contribution is 2.46. The number of nitrogens with one attached hydrogen (secondary N) is 1. The second-order valence-electron chi connectivity index (χ2n) is 7.82. The predicted molar refractivity (Wildman–Crippen MR) is 107 cm³/mol. The molecule has 0 saturated carbocycles. The van der Waals surface area contributed by atoms with Gasteiger partial charge in [-0.25, -0.2) is 4.79 Å². The molecule has 1 aromatic carbocycles. The van der Waals surface area contributed by atoms with E-state index >= 15 is 0 Å². The number of piperidine rings is 1. The zero-order valence-electron chi connectivity index (χ0n) is 16.7. The number of hydrogen-bond donors (Lipinski definition) is 2. The van der Waals surface area contributed by atoms with E-state index in [0.29, 0.717) is 17.2 Å². The standard InChI is InChI=1S/C22H28N2O4/c1-4-13-11-24-8-7-15-17-9-14(25)5-6-19(17)23-21(15)20(24)10-16(13)18(12-27-2)22(26)28-3/h5-6,9,12-13,16,20,23,25H,4,7-8,10-11H2,1-3H3/b18-12+/t13-,16-,20-/m0/s1. The molecule has 1 saturated heterocycles. The summed E-state index contributed by atoms with van der Waals surface area (Å²) >= 11 is 0. The number of carbonyl (C=O) groups excluding carboxylic acids is 1. The van der Waals surface area contributed by atoms with Crippen molar-refractivity contribution in [1.82, 2.24) is 9.88 Å². The quantitative estimate of drug-likeness (QED) is 0.479. The molecule has 2 aliphatic heterocycles. The van der Waals surface area contributed by atoms with Crippen molar-refractivity contribution < 1.29 is 19.4 Å². The van der Waals surface area contributed by atoms with Gasteiger partial charge in [-0.15, -0.1) is 0 Å². The molecule has 3 heterocycles. The summed E-state index contributed by atoms with van der Waals surface area (Å²) < 4.78 is 10.3. The van der Waals surface area contributed by atoms with E-state index in [1.54, 1.807) is 19.4 Å². The topological polar surface area (TPSA) is 74.8 Å². The molecule has 0 aliphatic carbocycles. The average molecular weight is 384 g/mol. The summed E-state index contributed by atoms with van der Waals surface area (Å²) in [5.74, 6) is 0.452. The fourth-order valence-corrected chi connectivity index (χ4v) is 5.08. The largest absolute Gasteiger partial charge is 0.508 e. The molecular weight excluding hydrogens is 356 g/mol. The molecular formula is C22H28N2O4. The molecule has 2 N–H and O–H groups in total. The maximum absolute atomic E-state index is 12.4. The number of aromatic amines is 1. The SMILES string of the molecule is CC[C@H]1CN2CCc3c([nH]c4ccc(O)cc34)[C@@H]2C[C@@H]1/C(=C\OC)C(=O)OC. The number of H-pyrrole nitrogens is 1. The molecule has 6 heteroatoms. The van der Waals surface area contributed by atoms with Crippen LogP contribution >= 0.6 is 0 Å². The van der Waals surface area contributed by atoms with E-state index in [2.05, 4.69) is 16.8 Å². The number of esters is 1. The first-order valence-corrected chi connectivity index (χ1v) is 9.96. The highest BCUT2D eigenvalue weighted by atomic mass is 16.5. The Morgan fingerprint density at radius 2 is 2.21 bits per heavy atom. The number of ether oxygens (including phenoxy) is 2. The first-order valence-electron chi connectivity index (χ1n) is 9.96. The molecule has 2 aliphatic rings. The molecule has 150 valence electrons. The van der Waals surface area contributed by atoms with Gasteiger partial charge in [0, 0.05) is 29.7 Å². The van der Waals surface area contributed by atoms with Gasteiger partial charge in [0.2, 0.25) is 0 Å². The van der Waals surface area contributed by atoms with Crippen molar-refractivity contribution in [3.8, 4) is 5.75 Å². The van der Waals surface area contributed by atoms with Crippen molar-refractivity contribution in [1.29, 1.82) is 0 Å². The third-order valence-corrected chi connectivity index (χ3v) is 6.45. The van der Waals surface area contributed by atoms with E-state index in [0.717, 1.165) is 43.3 Å². The Kier molecular flexibility index (Phi) is 5.06. The van der Waals surface area contributed by atoms with Crippen molar-refractivity contribution in [2.45, 2.75) is 32.2 Å². The highest BCUT2D eigenvalue weighted by Gasteiger charge is 2.42. The Morgan fingerprint density at radius 3 is 2.93 bits per heavy atom. The number of aromatic nitrogens is 1. The van der Waals surface area contributed by atoms with Crippen molar-refractivity contribution >= 4 is 16.9 Å². The monoisotopic (exact) mass is 384 g/mol. The van der Waals surface area contributed by atoms with E-state index in [1.165, 1.54) is 18.4 Å². The fourth-order valence-electron chi connectivity index (χ4n) is 5.08. The maximum atomic E-state index is 12.4. The lowest BCUT2D eigenvalue weighted by Gasteiger charge is -2.46. The molecule has 1 aromatic heterocycles. The van der Waals surface area contributed by atoms with E-state index in [9.17, 15) is 9.90 Å². The zero-order valence-corrected chi connectivity index (χ0v) is 16.7. The lowest BCUT2D eigenvalue weighted by Crippen LogP contribution is -2.47. The summed E-state index contributed by atoms with van der Waals surface area (Å²) in [6.07, 6.45) is 4.37. The van der Waals surface area contributed by atoms with E-state index in [4.69, 9.17) is 9.47 Å². The third kappa shape index (κ3) is 3.05. The molecule has 4 rings (SSSR count). The number of rotatable bonds is 4. The molecule has 1 fully saturated rings. The highest BCUT2D eigenvalue weighted by molar-refractivity contribution is 5.89. The fraction of sp³-hybridized carbons (Fsp3) is 0.500. The second-order valence-corrected chi connectivity index (χ2v) is 7.82. The Labute approximate surface area is 165 Å². The number of aromatic hydroxyl groups is 1. The van der Waals surface area contributed by atoms with Crippen LogP contribution in [0.15, 0.2) is 30.0 Å². The van der Waals surface area contributed by atoms with Gasteiger partial charge in [-0.05, 0) is 48.4 Å². The van der Waals surface area contributed by atoms with Gasteiger partial charge in [0.05, 0.1) is 32.1 Å². The maximum Gasteiger partial charge on any atom is 0.337 e. The molecule has 0 amide bonds. The van der Waals surface area contributed by atoms with Crippen molar-refractivity contribution in [2.24, 2.45) is 11.8 Å². The number of carbonyl (C=O) groups is 1. The van der Waals surface area contributed by atoms with Crippen LogP contribution in [-0.2, 0) is 20.7 Å². The van der Waals surface area contributed by atoms with Crippen molar-refractivity contribution in [2.75, 3.05) is 27.3 Å². The number of phenolic OH excluding ortho intramolecular Hbond substituents is 1. The Balaban J connectivity index is 1.74. The minimum Gasteiger partial charge on any atom is -0.508 e. The molecule has 28 heavy (non-hydrogen) atoms. The van der Waals surface area contributed by atoms with E-state index in [1.807, 2.05) is 12.1 Å². The van der Waals surface area contributed by atoms with Crippen LogP contribution in [0.25, 0.3) is 10.9 Å². The summed E-state index contributed by atoms with van der Waals surface area (Å²) in [6.45, 7) is 4.12. The predicted octanol–water partition coefficient (Wildman–Crippen LogP) is 3.52. The summed E-state index contributed by atoms with van der Waals surface area (Å²) in [5, 5.41) is 11.0. The number of fused-ring (bicyclic) bond motifs is 5. The second kappa shape index (κ2) is 7.51. The number of hydrogen-bond acceptors (Lipinski definition) is 5. The van der Waals surface area contributed by atoms with Crippen LogP contribution in [0.5, 0.6) is 5.75 Å². The van der Waals surface area contributed by atoms with Crippen molar-refractivity contribution in [3.63, 3.8) is 0 Å². The molecule has 0 spiro atoms. The van der Waals surface area contributed by atoms with Crippen molar-refractivity contribution in [3.05, 3.63) is 41.3 Å². The van der Waals surface area contributed by atoms with Gasteiger partial charge in [-0.2, -0.15) is 0 Å². The minimum atomic E-state index is -0.309. The van der Waals surface area contributed by atoms with Crippen LogP contribution in [0, 0.1) is 11.8 Å². The summed E-state index contributed by atoms with van der Waals surface area (Å²) in [5.41, 5.74) is 4.18. The van der Waals surface area contributed by atoms with Gasteiger partial charge in [0.15, 0.2) is 0 Å². The molecule has 0 unspecified atom stereocenters. The van der Waals surface area contributed by atoms with Crippen LogP contribution in [0.3, 0.4) is 0 Å². The van der Waals surface area contributed by atoms with Crippen LogP contribution in [0.4, 0.5) is 0 Å². The van der Waals surface area contributed by atoms with Gasteiger partial charge in [-0.3, -0.25) is 4.90 Å². The third-order valence-electron chi connectivity index (χ3n) is 6.45. The van der Waals surface area contributed by atoms with Crippen LogP contribution in [0.2, 0.25) is 0 Å². The Bertz CT molecular complexity index is 917. The van der Waals surface area contributed by atoms with Gasteiger partial charge in [-0.1, -0.05) is 13.3 Å². The molecule has 6 nitrogen and oxygen atoms in total. The van der Waals surface area contributed by atoms with Gasteiger partial charge in [0.1, 0.15) is 5.75 Å². The van der Waals surface area contributed by atoms with Crippen LogP contribution in [0.1, 0.15) is 37.1 Å². The number of phenols is 1. The summed E-state index contributed by atoms with van der Waals surface area (Å²) in [7, 11) is 2.99. The van der Waals surface area contributed by atoms with Crippen LogP contribution < -0.4 is 0 Å². The van der Waals surface area contributed by atoms with E-state index in [-0.39, 0.29) is 17.9 Å². The molecule has 3 atom stereocenters. The number of nitrogens with zero attached hydrogens (tertiary/aromatic N) is 1. The summed E-state index contributed by atoms with van der Waals surface area (Å²) in [6, 6.07) is 5.72. The van der Waals surface area contributed by atoms with Gasteiger partial charge >= 0.3 is 5.97 Å². The first-order chi connectivity index (χ1) is 13.6. The Hall–Kier alpha value is -2.47. The minimum absolute atomic E-state index is 0.0874. The summed E-state index contributed by atoms with van der Waals surface area (Å²) in [4.78, 5) is 18.5. The van der Waals surface area contributed by atoms with Gasteiger partial charge < -0.3 is 19.6 Å². The molecule has 2 aromatic rings. The lowest BCUT2D eigenvalue weighted by atomic mass is 9.74. The molecule has 0 bridgehead atoms. The van der Waals surface area contributed by atoms with Gasteiger partial charge in [0.25, 0.3) is 0 Å². The van der Waals surface area contributed by atoms with E-state index < -0.39 is 0 Å². The first kappa shape index (κ1) is 18.9. The lowest BCUT2D eigenvalue weighted by molar-refractivity contribution is -0.137.